The molecule has 0 amide bonds. The predicted molar refractivity (Wildman–Crippen MR) is 68.2 cm³/mol. The molecule has 0 heterocycles. The van der Waals surface area contributed by atoms with Gasteiger partial charge in [0, 0.05) is 0 Å². The summed E-state index contributed by atoms with van der Waals surface area (Å²) in [7, 11) is 0. The maximum absolute atomic E-state index is 10.6. The third-order valence-electron chi connectivity index (χ3n) is 5.30. The smallest absolute Gasteiger partial charge is 0.0653 e. The van der Waals surface area contributed by atoms with Crippen molar-refractivity contribution in [1.29, 1.82) is 0 Å². The van der Waals surface area contributed by atoms with Gasteiger partial charge in [-0.2, -0.15) is 0 Å². The average Bonchev–Trinajstić information content (AvgIpc) is 2.15. The molecule has 0 spiro atoms. The number of hydrogen-bond acceptors (Lipinski definition) is 1. The molecule has 92 valence electrons. The van der Waals surface area contributed by atoms with Crippen LogP contribution >= 0.6 is 0 Å². The van der Waals surface area contributed by atoms with E-state index in [9.17, 15) is 5.11 Å². The molecule has 0 unspecified atom stereocenters. The lowest BCUT2D eigenvalue weighted by molar-refractivity contribution is -0.120. The van der Waals surface area contributed by atoms with E-state index in [1.165, 1.54) is 31.3 Å². The van der Waals surface area contributed by atoms with Crippen molar-refractivity contribution in [3.05, 3.63) is 12.2 Å². The van der Waals surface area contributed by atoms with Crippen LogP contribution in [0.5, 0.6) is 0 Å². The van der Waals surface area contributed by atoms with Crippen molar-refractivity contribution < 1.29 is 5.11 Å². The lowest BCUT2D eigenvalue weighted by atomic mass is 9.53. The molecule has 16 heavy (non-hydrogen) atoms. The van der Waals surface area contributed by atoms with Gasteiger partial charge in [0.1, 0.15) is 0 Å². The molecule has 1 N–H and O–H groups in total. The Morgan fingerprint density at radius 3 is 2.56 bits per heavy atom. The Bertz CT molecular complexity index is 292. The summed E-state index contributed by atoms with van der Waals surface area (Å²) >= 11 is 0. The molecule has 0 saturated heterocycles. The fourth-order valence-electron chi connectivity index (χ4n) is 4.14. The maximum Gasteiger partial charge on any atom is 0.0653 e. The Labute approximate surface area is 99.9 Å². The first-order valence-electron chi connectivity index (χ1n) is 6.73. The highest BCUT2D eigenvalue weighted by Crippen LogP contribution is 2.56. The number of rotatable bonds is 1. The van der Waals surface area contributed by atoms with Crippen LogP contribution in [0.1, 0.15) is 59.3 Å². The molecule has 2 fully saturated rings. The summed E-state index contributed by atoms with van der Waals surface area (Å²) in [6, 6.07) is 0. The molecule has 0 aromatic heterocycles. The summed E-state index contributed by atoms with van der Waals surface area (Å²) in [4.78, 5) is 0. The predicted octanol–water partition coefficient (Wildman–Crippen LogP) is 3.92. The average molecular weight is 222 g/mol. The van der Waals surface area contributed by atoms with Gasteiger partial charge in [-0.25, -0.2) is 0 Å². The van der Waals surface area contributed by atoms with E-state index in [0.717, 1.165) is 12.8 Å². The van der Waals surface area contributed by atoms with Gasteiger partial charge in [-0.1, -0.05) is 25.5 Å². The molecule has 2 aliphatic carbocycles. The fraction of sp³-hybridized carbons (Fsp3) is 0.867. The van der Waals surface area contributed by atoms with Gasteiger partial charge >= 0.3 is 0 Å². The van der Waals surface area contributed by atoms with Crippen LogP contribution in [-0.2, 0) is 0 Å². The molecule has 2 rings (SSSR count). The van der Waals surface area contributed by atoms with Crippen molar-refractivity contribution in [3.8, 4) is 0 Å². The minimum atomic E-state index is -0.443. The van der Waals surface area contributed by atoms with Gasteiger partial charge in [0.2, 0.25) is 0 Å². The van der Waals surface area contributed by atoms with Crippen molar-refractivity contribution in [2.75, 3.05) is 0 Å². The second kappa shape index (κ2) is 3.87. The van der Waals surface area contributed by atoms with Gasteiger partial charge in [0.25, 0.3) is 0 Å². The van der Waals surface area contributed by atoms with Gasteiger partial charge in [-0.15, -0.1) is 0 Å². The van der Waals surface area contributed by atoms with Crippen molar-refractivity contribution in [2.24, 2.45) is 17.3 Å². The number of allylic oxidation sites excluding steroid dienone is 1. The molecule has 0 aromatic rings. The fourth-order valence-corrected chi connectivity index (χ4v) is 4.14. The number of aliphatic hydroxyl groups is 1. The van der Waals surface area contributed by atoms with Crippen molar-refractivity contribution in [1.82, 2.24) is 0 Å². The van der Waals surface area contributed by atoms with E-state index >= 15 is 0 Å². The van der Waals surface area contributed by atoms with Gasteiger partial charge < -0.3 is 5.11 Å². The van der Waals surface area contributed by atoms with Gasteiger partial charge in [-0.3, -0.25) is 0 Å². The molecule has 0 bridgehead atoms. The van der Waals surface area contributed by atoms with E-state index in [-0.39, 0.29) is 0 Å². The Morgan fingerprint density at radius 2 is 1.94 bits per heavy atom. The maximum atomic E-state index is 10.6. The summed E-state index contributed by atoms with van der Waals surface area (Å²) in [5.41, 5.74) is 1.25. The van der Waals surface area contributed by atoms with Crippen LogP contribution in [0.2, 0.25) is 0 Å². The van der Waals surface area contributed by atoms with Crippen LogP contribution < -0.4 is 0 Å². The van der Waals surface area contributed by atoms with E-state index in [2.05, 4.69) is 27.4 Å². The van der Waals surface area contributed by atoms with Crippen LogP contribution in [0.3, 0.4) is 0 Å². The van der Waals surface area contributed by atoms with Gasteiger partial charge in [-0.05, 0) is 63.2 Å². The standard InChI is InChI=1S/C15H26O/c1-11(2)12-6-9-14(3)7-5-8-15(4,16)13(14)10-12/h12-13,16H,1,5-10H2,2-4H3/t12-,13+,14+,15+/m1/s1. The highest BCUT2D eigenvalue weighted by atomic mass is 16.3. The first-order chi connectivity index (χ1) is 7.35. The zero-order valence-electron chi connectivity index (χ0n) is 11.1. The Morgan fingerprint density at radius 1 is 1.25 bits per heavy atom. The van der Waals surface area contributed by atoms with Crippen molar-refractivity contribution in [3.63, 3.8) is 0 Å². The second-order valence-electron chi connectivity index (χ2n) is 6.73. The first-order valence-corrected chi connectivity index (χ1v) is 6.73. The molecule has 1 nitrogen and oxygen atoms in total. The molecule has 2 saturated carbocycles. The molecular formula is C15H26O. The molecule has 4 atom stereocenters. The Hall–Kier alpha value is -0.300. The summed E-state index contributed by atoms with van der Waals surface area (Å²) < 4.78 is 0. The third kappa shape index (κ3) is 1.95. The van der Waals surface area contributed by atoms with Crippen molar-refractivity contribution >= 4 is 0 Å². The lowest BCUT2D eigenvalue weighted by Crippen LogP contribution is -2.51. The summed E-state index contributed by atoms with van der Waals surface area (Å²) in [6.07, 6.45) is 7.17. The van der Waals surface area contributed by atoms with E-state index in [4.69, 9.17) is 0 Å². The molecule has 0 aliphatic heterocycles. The first kappa shape index (κ1) is 12.2. The van der Waals surface area contributed by atoms with E-state index < -0.39 is 5.60 Å². The minimum Gasteiger partial charge on any atom is -0.390 e. The summed E-state index contributed by atoms with van der Waals surface area (Å²) in [5.74, 6) is 1.12. The summed E-state index contributed by atoms with van der Waals surface area (Å²) in [5, 5.41) is 10.6. The molecule has 1 heteroatoms. The van der Waals surface area contributed by atoms with Crippen LogP contribution in [0.4, 0.5) is 0 Å². The van der Waals surface area contributed by atoms with Gasteiger partial charge in [0.05, 0.1) is 5.60 Å². The zero-order chi connectivity index (χ0) is 12.0. The topological polar surface area (TPSA) is 20.2 Å². The third-order valence-corrected chi connectivity index (χ3v) is 5.30. The minimum absolute atomic E-state index is 0.383. The number of fused-ring (bicyclic) bond motifs is 1. The highest BCUT2D eigenvalue weighted by Gasteiger charge is 2.50. The van der Waals surface area contributed by atoms with Crippen LogP contribution in [0, 0.1) is 17.3 Å². The van der Waals surface area contributed by atoms with E-state index in [0.29, 0.717) is 17.3 Å². The van der Waals surface area contributed by atoms with Crippen LogP contribution in [0.25, 0.3) is 0 Å². The van der Waals surface area contributed by atoms with Gasteiger partial charge in [0.15, 0.2) is 0 Å². The highest BCUT2D eigenvalue weighted by molar-refractivity contribution is 5.07. The Kier molecular flexibility index (Phi) is 2.94. The van der Waals surface area contributed by atoms with Crippen LogP contribution in [0.15, 0.2) is 12.2 Å². The quantitative estimate of drug-likeness (QED) is 0.667. The monoisotopic (exact) mass is 222 g/mol. The Balaban J connectivity index is 2.21. The van der Waals surface area contributed by atoms with E-state index in [1.54, 1.807) is 0 Å². The normalized spacial score (nSPS) is 48.5. The van der Waals surface area contributed by atoms with Crippen LogP contribution in [-0.4, -0.2) is 10.7 Å². The molecule has 2 aliphatic rings. The molecular weight excluding hydrogens is 196 g/mol. The largest absolute Gasteiger partial charge is 0.390 e. The lowest BCUT2D eigenvalue weighted by Gasteiger charge is -2.54. The van der Waals surface area contributed by atoms with Crippen molar-refractivity contribution in [2.45, 2.75) is 64.9 Å². The summed E-state index contributed by atoms with van der Waals surface area (Å²) in [6.45, 7) is 10.7. The number of hydrogen-bond donors (Lipinski definition) is 1. The molecule has 0 radical (unpaired) electrons. The zero-order valence-corrected chi connectivity index (χ0v) is 11.1. The molecule has 0 aromatic carbocycles. The second-order valence-corrected chi connectivity index (χ2v) is 6.73. The SMILES string of the molecule is C=C(C)[C@@H]1CC[C@]2(C)CCC[C@](C)(O)[C@H]2C1. The van der Waals surface area contributed by atoms with E-state index in [1.807, 2.05) is 0 Å².